The van der Waals surface area contributed by atoms with Crippen LogP contribution in [0.4, 0.5) is 0 Å². The van der Waals surface area contributed by atoms with E-state index in [0.29, 0.717) is 18.0 Å². The lowest BCUT2D eigenvalue weighted by molar-refractivity contribution is 0.0926. The summed E-state index contributed by atoms with van der Waals surface area (Å²) in [5, 5.41) is 5.17. The first-order valence-electron chi connectivity index (χ1n) is 7.25. The molecule has 0 aliphatic carbocycles. The largest absolute Gasteiger partial charge is 0.344 e. The maximum absolute atomic E-state index is 12.4. The van der Waals surface area contributed by atoms with E-state index in [4.69, 9.17) is 5.73 Å². The van der Waals surface area contributed by atoms with E-state index in [1.807, 2.05) is 35.7 Å². The van der Waals surface area contributed by atoms with Crippen molar-refractivity contribution in [3.63, 3.8) is 0 Å². The third-order valence-corrected chi connectivity index (χ3v) is 4.41. The maximum atomic E-state index is 12.4. The highest BCUT2D eigenvalue weighted by Crippen LogP contribution is 2.26. The Balaban J connectivity index is 2.08. The lowest BCUT2D eigenvalue weighted by atomic mass is 10.0. The molecule has 4 heteroatoms. The Kier molecular flexibility index (Phi) is 5.53. The zero-order chi connectivity index (χ0) is 15.2. The van der Waals surface area contributed by atoms with Gasteiger partial charge in [-0.1, -0.05) is 32.0 Å². The van der Waals surface area contributed by atoms with E-state index in [9.17, 15) is 4.79 Å². The molecule has 1 atom stereocenters. The lowest BCUT2D eigenvalue weighted by Gasteiger charge is -2.21. The SMILES string of the molecule is CC(C)C(NC(=O)c1ccc(CCN)cc1)c1cccs1. The van der Waals surface area contributed by atoms with E-state index < -0.39 is 0 Å². The van der Waals surface area contributed by atoms with Crippen LogP contribution in [0.5, 0.6) is 0 Å². The van der Waals surface area contributed by atoms with Crippen molar-refractivity contribution in [2.75, 3.05) is 6.54 Å². The van der Waals surface area contributed by atoms with Crippen molar-refractivity contribution in [3.8, 4) is 0 Å². The summed E-state index contributed by atoms with van der Waals surface area (Å²) >= 11 is 1.68. The molecule has 1 aromatic carbocycles. The molecule has 0 aliphatic rings. The Morgan fingerprint density at radius 1 is 1.24 bits per heavy atom. The number of nitrogens with one attached hydrogen (secondary N) is 1. The predicted molar refractivity (Wildman–Crippen MR) is 88.6 cm³/mol. The number of thiophene rings is 1. The zero-order valence-electron chi connectivity index (χ0n) is 12.5. The number of rotatable bonds is 6. The molecule has 0 radical (unpaired) electrons. The quantitative estimate of drug-likeness (QED) is 0.859. The monoisotopic (exact) mass is 302 g/mol. The Bertz CT molecular complexity index is 561. The highest BCUT2D eigenvalue weighted by atomic mass is 32.1. The van der Waals surface area contributed by atoms with Crippen molar-refractivity contribution in [1.29, 1.82) is 0 Å². The smallest absolute Gasteiger partial charge is 0.251 e. The van der Waals surface area contributed by atoms with Gasteiger partial charge in [-0.3, -0.25) is 4.79 Å². The fourth-order valence-electron chi connectivity index (χ4n) is 2.25. The molecule has 0 saturated heterocycles. The first kappa shape index (κ1) is 15.7. The number of nitrogens with two attached hydrogens (primary N) is 1. The summed E-state index contributed by atoms with van der Waals surface area (Å²) in [4.78, 5) is 13.6. The molecule has 2 rings (SSSR count). The van der Waals surface area contributed by atoms with Gasteiger partial charge in [0.15, 0.2) is 0 Å². The van der Waals surface area contributed by atoms with Crippen molar-refractivity contribution in [1.82, 2.24) is 5.32 Å². The average molecular weight is 302 g/mol. The molecular weight excluding hydrogens is 280 g/mol. The Hall–Kier alpha value is -1.65. The van der Waals surface area contributed by atoms with E-state index in [1.54, 1.807) is 11.3 Å². The van der Waals surface area contributed by atoms with Crippen LogP contribution in [-0.4, -0.2) is 12.5 Å². The molecule has 21 heavy (non-hydrogen) atoms. The molecule has 0 aliphatic heterocycles. The van der Waals surface area contributed by atoms with Crippen molar-refractivity contribution >= 4 is 17.2 Å². The molecule has 0 fully saturated rings. The van der Waals surface area contributed by atoms with Crippen LogP contribution in [0.25, 0.3) is 0 Å². The van der Waals surface area contributed by atoms with Crippen LogP contribution in [0.2, 0.25) is 0 Å². The van der Waals surface area contributed by atoms with Gasteiger partial charge in [0, 0.05) is 10.4 Å². The maximum Gasteiger partial charge on any atom is 0.251 e. The van der Waals surface area contributed by atoms with Gasteiger partial charge in [0.05, 0.1) is 6.04 Å². The van der Waals surface area contributed by atoms with Crippen LogP contribution in [-0.2, 0) is 6.42 Å². The summed E-state index contributed by atoms with van der Waals surface area (Å²) in [6, 6.07) is 11.8. The van der Waals surface area contributed by atoms with Crippen molar-refractivity contribution < 1.29 is 4.79 Å². The number of carbonyl (C=O) groups excluding carboxylic acids is 1. The van der Waals surface area contributed by atoms with E-state index >= 15 is 0 Å². The molecule has 0 saturated carbocycles. The standard InChI is InChI=1S/C17H22N2OS/c1-12(2)16(15-4-3-11-21-15)19-17(20)14-7-5-13(6-8-14)9-10-18/h3-8,11-12,16H,9-10,18H2,1-2H3,(H,19,20). The fraction of sp³-hybridized carbons (Fsp3) is 0.353. The molecule has 112 valence electrons. The summed E-state index contributed by atoms with van der Waals surface area (Å²) in [5.74, 6) is 0.325. The molecule has 0 bridgehead atoms. The van der Waals surface area contributed by atoms with Crippen molar-refractivity contribution in [2.24, 2.45) is 11.7 Å². The highest BCUT2D eigenvalue weighted by Gasteiger charge is 2.19. The molecule has 3 nitrogen and oxygen atoms in total. The Labute approximate surface area is 130 Å². The van der Waals surface area contributed by atoms with Crippen molar-refractivity contribution in [3.05, 3.63) is 57.8 Å². The van der Waals surface area contributed by atoms with E-state index in [0.717, 1.165) is 12.0 Å². The van der Waals surface area contributed by atoms with E-state index in [1.165, 1.54) is 4.88 Å². The van der Waals surface area contributed by atoms with Crippen LogP contribution < -0.4 is 11.1 Å². The normalized spacial score (nSPS) is 12.4. The molecule has 0 spiro atoms. The van der Waals surface area contributed by atoms with Gasteiger partial charge in [-0.25, -0.2) is 0 Å². The van der Waals surface area contributed by atoms with Crippen LogP contribution >= 0.6 is 11.3 Å². The second-order valence-electron chi connectivity index (χ2n) is 5.45. The van der Waals surface area contributed by atoms with Gasteiger partial charge in [0.2, 0.25) is 0 Å². The van der Waals surface area contributed by atoms with Crippen LogP contribution in [0, 0.1) is 5.92 Å². The lowest BCUT2D eigenvalue weighted by Crippen LogP contribution is -2.31. The molecule has 1 amide bonds. The van der Waals surface area contributed by atoms with Crippen molar-refractivity contribution in [2.45, 2.75) is 26.3 Å². The third kappa shape index (κ3) is 4.16. The van der Waals surface area contributed by atoms with Gasteiger partial charge in [-0.2, -0.15) is 0 Å². The first-order chi connectivity index (χ1) is 10.1. The second-order valence-corrected chi connectivity index (χ2v) is 6.43. The van der Waals surface area contributed by atoms with Gasteiger partial charge < -0.3 is 11.1 Å². The first-order valence-corrected chi connectivity index (χ1v) is 8.13. The van der Waals surface area contributed by atoms with E-state index in [2.05, 4.69) is 25.2 Å². The minimum absolute atomic E-state index is 0.0265. The number of carbonyl (C=O) groups is 1. The minimum Gasteiger partial charge on any atom is -0.344 e. The van der Waals surface area contributed by atoms with Crippen LogP contribution in [0.15, 0.2) is 41.8 Å². The Morgan fingerprint density at radius 2 is 1.95 bits per heavy atom. The summed E-state index contributed by atoms with van der Waals surface area (Å²) < 4.78 is 0. The number of hydrogen-bond donors (Lipinski definition) is 2. The molecule has 1 aromatic heterocycles. The number of benzene rings is 1. The average Bonchev–Trinajstić information content (AvgIpc) is 2.99. The number of amides is 1. The van der Waals surface area contributed by atoms with Crippen LogP contribution in [0.3, 0.4) is 0 Å². The topological polar surface area (TPSA) is 55.1 Å². The van der Waals surface area contributed by atoms with Gasteiger partial charge in [-0.05, 0) is 48.0 Å². The molecule has 1 heterocycles. The fourth-order valence-corrected chi connectivity index (χ4v) is 3.20. The summed E-state index contributed by atoms with van der Waals surface area (Å²) in [5.41, 5.74) is 7.39. The third-order valence-electron chi connectivity index (χ3n) is 3.45. The number of hydrogen-bond acceptors (Lipinski definition) is 3. The summed E-state index contributed by atoms with van der Waals surface area (Å²) in [6.07, 6.45) is 0.839. The summed E-state index contributed by atoms with van der Waals surface area (Å²) in [6.45, 7) is 4.86. The van der Waals surface area contributed by atoms with Gasteiger partial charge >= 0.3 is 0 Å². The second kappa shape index (κ2) is 7.38. The van der Waals surface area contributed by atoms with Gasteiger partial charge in [-0.15, -0.1) is 11.3 Å². The van der Waals surface area contributed by atoms with Gasteiger partial charge in [0.1, 0.15) is 0 Å². The van der Waals surface area contributed by atoms with E-state index in [-0.39, 0.29) is 11.9 Å². The molecular formula is C17H22N2OS. The Morgan fingerprint density at radius 3 is 2.48 bits per heavy atom. The van der Waals surface area contributed by atoms with Crippen LogP contribution in [0.1, 0.15) is 40.7 Å². The molecule has 1 unspecified atom stereocenters. The predicted octanol–water partition coefficient (Wildman–Crippen LogP) is 3.38. The van der Waals surface area contributed by atoms with Gasteiger partial charge in [0.25, 0.3) is 5.91 Å². The molecule has 3 N–H and O–H groups in total. The zero-order valence-corrected chi connectivity index (χ0v) is 13.3. The highest BCUT2D eigenvalue weighted by molar-refractivity contribution is 7.10. The molecule has 2 aromatic rings. The minimum atomic E-state index is -0.0265. The summed E-state index contributed by atoms with van der Waals surface area (Å²) in [7, 11) is 0.